The zero-order valence-electron chi connectivity index (χ0n) is 14.6. The molecule has 3 aromatic carbocycles. The number of phenols is 1. The van der Waals surface area contributed by atoms with Crippen LogP contribution < -0.4 is 5.32 Å². The lowest BCUT2D eigenvalue weighted by Gasteiger charge is -2.12. The van der Waals surface area contributed by atoms with Gasteiger partial charge in [-0.2, -0.15) is 0 Å². The molecule has 0 saturated heterocycles. The number of benzene rings is 3. The largest absolute Gasteiger partial charge is 0.507 e. The fraction of sp³-hybridized carbons (Fsp3) is 0.0909. The van der Waals surface area contributed by atoms with Gasteiger partial charge in [0.15, 0.2) is 6.61 Å². The number of anilines is 1. The Bertz CT molecular complexity index is 938. The van der Waals surface area contributed by atoms with Crippen LogP contribution in [-0.4, -0.2) is 23.6 Å². The summed E-state index contributed by atoms with van der Waals surface area (Å²) in [4.78, 5) is 24.2. The Morgan fingerprint density at radius 3 is 2.30 bits per heavy atom. The first-order valence-electron chi connectivity index (χ1n) is 8.50. The zero-order chi connectivity index (χ0) is 19.1. The molecule has 0 spiro atoms. The first-order chi connectivity index (χ1) is 13.1. The Labute approximate surface area is 157 Å². The lowest BCUT2D eigenvalue weighted by atomic mass is 10.0. The molecule has 5 heteroatoms. The second-order valence-electron chi connectivity index (χ2n) is 5.96. The summed E-state index contributed by atoms with van der Waals surface area (Å²) in [5, 5.41) is 12.4. The van der Waals surface area contributed by atoms with Gasteiger partial charge in [0.25, 0.3) is 5.91 Å². The van der Waals surface area contributed by atoms with E-state index in [2.05, 4.69) is 5.32 Å². The highest BCUT2D eigenvalue weighted by molar-refractivity contribution is 5.97. The third kappa shape index (κ3) is 4.95. The van der Waals surface area contributed by atoms with E-state index in [1.807, 2.05) is 48.5 Å². The van der Waals surface area contributed by atoms with Gasteiger partial charge in [0, 0.05) is 5.69 Å². The van der Waals surface area contributed by atoms with Gasteiger partial charge in [0.2, 0.25) is 0 Å². The number of phenolic OH excluding ortho intramolecular Hbond substituents is 1. The average molecular weight is 361 g/mol. The highest BCUT2D eigenvalue weighted by Gasteiger charge is 2.14. The van der Waals surface area contributed by atoms with Crippen LogP contribution in [0.1, 0.15) is 21.5 Å². The molecular formula is C22H19NO4. The smallest absolute Gasteiger partial charge is 0.342 e. The van der Waals surface area contributed by atoms with Crippen molar-refractivity contribution in [1.29, 1.82) is 0 Å². The van der Waals surface area contributed by atoms with Gasteiger partial charge in [0.05, 0.1) is 0 Å². The first kappa shape index (κ1) is 18.2. The summed E-state index contributed by atoms with van der Waals surface area (Å²) in [7, 11) is 0. The molecule has 0 aliphatic rings. The van der Waals surface area contributed by atoms with E-state index in [0.717, 1.165) is 11.1 Å². The maximum atomic E-state index is 12.2. The van der Waals surface area contributed by atoms with Gasteiger partial charge in [-0.3, -0.25) is 4.79 Å². The molecule has 0 atom stereocenters. The van der Waals surface area contributed by atoms with Crippen LogP contribution in [-0.2, 0) is 16.0 Å². The van der Waals surface area contributed by atoms with E-state index in [4.69, 9.17) is 4.74 Å². The SMILES string of the molecule is O=C(COC(=O)c1ccccc1O)Nc1ccccc1Cc1ccccc1. The second kappa shape index (κ2) is 8.67. The van der Waals surface area contributed by atoms with Crippen molar-refractivity contribution < 1.29 is 19.4 Å². The average Bonchev–Trinajstić information content (AvgIpc) is 2.69. The van der Waals surface area contributed by atoms with E-state index in [9.17, 15) is 14.7 Å². The lowest BCUT2D eigenvalue weighted by molar-refractivity contribution is -0.119. The summed E-state index contributed by atoms with van der Waals surface area (Å²) in [6.07, 6.45) is 0.676. The molecule has 0 aromatic heterocycles. The molecule has 3 rings (SSSR count). The summed E-state index contributed by atoms with van der Waals surface area (Å²) in [5.41, 5.74) is 2.79. The number of aromatic hydroxyl groups is 1. The van der Waals surface area contributed by atoms with Crippen LogP contribution >= 0.6 is 0 Å². The Morgan fingerprint density at radius 2 is 1.52 bits per heavy atom. The van der Waals surface area contributed by atoms with Gasteiger partial charge in [0.1, 0.15) is 11.3 Å². The van der Waals surface area contributed by atoms with Gasteiger partial charge in [-0.25, -0.2) is 4.79 Å². The predicted molar refractivity (Wildman–Crippen MR) is 103 cm³/mol. The fourth-order valence-electron chi connectivity index (χ4n) is 2.65. The molecule has 0 aliphatic carbocycles. The highest BCUT2D eigenvalue weighted by Crippen LogP contribution is 2.19. The van der Waals surface area contributed by atoms with Crippen molar-refractivity contribution in [1.82, 2.24) is 0 Å². The van der Waals surface area contributed by atoms with Crippen molar-refractivity contribution in [2.75, 3.05) is 11.9 Å². The molecule has 0 unspecified atom stereocenters. The molecular weight excluding hydrogens is 342 g/mol. The number of nitrogens with one attached hydrogen (secondary N) is 1. The number of hydrogen-bond acceptors (Lipinski definition) is 4. The molecule has 136 valence electrons. The summed E-state index contributed by atoms with van der Waals surface area (Å²) in [5.74, 6) is -1.38. The van der Waals surface area contributed by atoms with E-state index < -0.39 is 18.5 Å². The van der Waals surface area contributed by atoms with Crippen LogP contribution in [0.4, 0.5) is 5.69 Å². The molecule has 0 heterocycles. The Hall–Kier alpha value is -3.60. The lowest BCUT2D eigenvalue weighted by Crippen LogP contribution is -2.21. The number of amides is 1. The van der Waals surface area contributed by atoms with Crippen molar-refractivity contribution in [2.24, 2.45) is 0 Å². The van der Waals surface area contributed by atoms with Crippen LogP contribution in [0.2, 0.25) is 0 Å². The van der Waals surface area contributed by atoms with Crippen LogP contribution in [0.3, 0.4) is 0 Å². The zero-order valence-corrected chi connectivity index (χ0v) is 14.6. The minimum atomic E-state index is -0.749. The maximum absolute atomic E-state index is 12.2. The molecule has 3 aromatic rings. The third-order valence-electron chi connectivity index (χ3n) is 3.99. The van der Waals surface area contributed by atoms with Crippen LogP contribution in [0.25, 0.3) is 0 Å². The number of ether oxygens (including phenoxy) is 1. The van der Waals surface area contributed by atoms with Gasteiger partial charge in [-0.05, 0) is 35.7 Å². The summed E-state index contributed by atoms with van der Waals surface area (Å²) < 4.78 is 4.99. The molecule has 2 N–H and O–H groups in total. The van der Waals surface area contributed by atoms with Crippen molar-refractivity contribution in [3.05, 3.63) is 95.6 Å². The Balaban J connectivity index is 1.61. The maximum Gasteiger partial charge on any atom is 0.342 e. The van der Waals surface area contributed by atoms with Gasteiger partial charge >= 0.3 is 5.97 Å². The molecule has 0 saturated carbocycles. The van der Waals surface area contributed by atoms with Crippen LogP contribution in [0.5, 0.6) is 5.75 Å². The molecule has 0 fully saturated rings. The van der Waals surface area contributed by atoms with Gasteiger partial charge in [-0.1, -0.05) is 60.7 Å². The molecule has 0 aliphatic heterocycles. The minimum absolute atomic E-state index is 0.0229. The third-order valence-corrected chi connectivity index (χ3v) is 3.99. The number of carbonyl (C=O) groups excluding carboxylic acids is 2. The topological polar surface area (TPSA) is 75.6 Å². The molecule has 5 nitrogen and oxygen atoms in total. The highest BCUT2D eigenvalue weighted by atomic mass is 16.5. The van der Waals surface area contributed by atoms with Crippen LogP contribution in [0, 0.1) is 0 Å². The Morgan fingerprint density at radius 1 is 0.852 bits per heavy atom. The van der Waals surface area contributed by atoms with Gasteiger partial charge in [-0.15, -0.1) is 0 Å². The number of esters is 1. The summed E-state index contributed by atoms with van der Waals surface area (Å²) in [6, 6.07) is 23.4. The summed E-state index contributed by atoms with van der Waals surface area (Å²) in [6.45, 7) is -0.438. The van der Waals surface area contributed by atoms with Crippen molar-refractivity contribution in [2.45, 2.75) is 6.42 Å². The Kier molecular flexibility index (Phi) is 5.84. The van der Waals surface area contributed by atoms with Gasteiger partial charge < -0.3 is 15.2 Å². The number of hydrogen-bond donors (Lipinski definition) is 2. The molecule has 0 radical (unpaired) electrons. The van der Waals surface area contributed by atoms with E-state index in [1.54, 1.807) is 18.2 Å². The van der Waals surface area contributed by atoms with Crippen LogP contribution in [0.15, 0.2) is 78.9 Å². The monoisotopic (exact) mass is 361 g/mol. The minimum Gasteiger partial charge on any atom is -0.507 e. The summed E-state index contributed by atoms with van der Waals surface area (Å²) >= 11 is 0. The van der Waals surface area contributed by atoms with E-state index >= 15 is 0 Å². The quantitative estimate of drug-likeness (QED) is 0.655. The molecule has 1 amide bonds. The second-order valence-corrected chi connectivity index (χ2v) is 5.96. The van der Waals surface area contributed by atoms with Crippen molar-refractivity contribution >= 4 is 17.6 Å². The fourth-order valence-corrected chi connectivity index (χ4v) is 2.65. The number of rotatable bonds is 6. The van der Waals surface area contributed by atoms with E-state index in [0.29, 0.717) is 12.1 Å². The standard InChI is InChI=1S/C22H19NO4/c24-20-13-7-5-11-18(20)22(26)27-15-21(25)23-19-12-6-4-10-17(19)14-16-8-2-1-3-9-16/h1-13,24H,14-15H2,(H,23,25). The van der Waals surface area contributed by atoms with E-state index in [1.165, 1.54) is 12.1 Å². The van der Waals surface area contributed by atoms with Crippen molar-refractivity contribution in [3.63, 3.8) is 0 Å². The first-order valence-corrected chi connectivity index (χ1v) is 8.50. The normalized spacial score (nSPS) is 10.2. The molecule has 0 bridgehead atoms. The molecule has 27 heavy (non-hydrogen) atoms. The number of para-hydroxylation sites is 2. The van der Waals surface area contributed by atoms with Crippen molar-refractivity contribution in [3.8, 4) is 5.75 Å². The number of carbonyl (C=O) groups is 2. The predicted octanol–water partition coefficient (Wildman–Crippen LogP) is 3.78. The van der Waals surface area contributed by atoms with E-state index in [-0.39, 0.29) is 11.3 Å².